The van der Waals surface area contributed by atoms with Crippen LogP contribution in [0.4, 0.5) is 0 Å². The topological polar surface area (TPSA) is 64.0 Å². The van der Waals surface area contributed by atoms with Gasteiger partial charge in [0.15, 0.2) is 0 Å². The summed E-state index contributed by atoms with van der Waals surface area (Å²) in [7, 11) is 0. The summed E-state index contributed by atoms with van der Waals surface area (Å²) in [4.78, 5) is 30.0. The Balaban J connectivity index is 1.62. The molecule has 0 saturated heterocycles. The van der Waals surface area contributed by atoms with E-state index in [1.54, 1.807) is 10.6 Å². The lowest BCUT2D eigenvalue weighted by atomic mass is 9.95. The van der Waals surface area contributed by atoms with Gasteiger partial charge in [-0.2, -0.15) is 0 Å². The Hall–Kier alpha value is -2.17. The van der Waals surface area contributed by atoms with E-state index in [2.05, 4.69) is 10.3 Å². The Morgan fingerprint density at radius 3 is 2.62 bits per heavy atom. The van der Waals surface area contributed by atoms with Crippen molar-refractivity contribution in [2.24, 2.45) is 0 Å². The molecule has 2 fully saturated rings. The molecule has 0 aliphatic heterocycles. The van der Waals surface area contributed by atoms with E-state index in [0.29, 0.717) is 11.3 Å². The lowest BCUT2D eigenvalue weighted by molar-refractivity contribution is -0.122. The monoisotopic (exact) mass is 325 g/mol. The van der Waals surface area contributed by atoms with Crippen LogP contribution in [0.15, 0.2) is 29.1 Å². The molecule has 2 aliphatic carbocycles. The van der Waals surface area contributed by atoms with Crippen LogP contribution in [0.5, 0.6) is 0 Å². The van der Waals surface area contributed by atoms with E-state index in [0.717, 1.165) is 37.0 Å². The molecule has 0 bridgehead atoms. The third-order valence-electron chi connectivity index (χ3n) is 5.11. The first-order chi connectivity index (χ1) is 11.7. The third kappa shape index (κ3) is 3.07. The molecule has 2 saturated carbocycles. The summed E-state index contributed by atoms with van der Waals surface area (Å²) in [6.07, 6.45) is 7.81. The zero-order valence-corrected chi connectivity index (χ0v) is 13.8. The molecule has 0 atom stereocenters. The number of carbonyl (C=O) groups excluding carboxylic acids is 1. The number of rotatable bonds is 4. The molecule has 0 unspecified atom stereocenters. The molecule has 1 N–H and O–H groups in total. The first kappa shape index (κ1) is 15.4. The maximum atomic E-state index is 12.9. The number of hydrogen-bond acceptors (Lipinski definition) is 3. The minimum Gasteiger partial charge on any atom is -0.352 e. The molecule has 5 nitrogen and oxygen atoms in total. The maximum absolute atomic E-state index is 12.9. The molecule has 24 heavy (non-hydrogen) atoms. The molecule has 1 aromatic carbocycles. The van der Waals surface area contributed by atoms with Crippen LogP contribution in [0.1, 0.15) is 56.7 Å². The first-order valence-electron chi connectivity index (χ1n) is 9.01. The molecule has 2 aromatic rings. The average Bonchev–Trinajstić information content (AvgIpc) is 3.43. The van der Waals surface area contributed by atoms with E-state index in [-0.39, 0.29) is 24.1 Å². The van der Waals surface area contributed by atoms with E-state index in [1.165, 1.54) is 19.3 Å². The van der Waals surface area contributed by atoms with Crippen LogP contribution >= 0.6 is 0 Å². The van der Waals surface area contributed by atoms with Gasteiger partial charge in [-0.1, -0.05) is 31.4 Å². The Labute approximate surface area is 141 Å². The SMILES string of the molecule is O=C(Cn1c(C2CC2)nc2ccccc2c1=O)NC1CCCCC1. The van der Waals surface area contributed by atoms with Crippen molar-refractivity contribution in [3.63, 3.8) is 0 Å². The Bertz CT molecular complexity index is 817. The number of para-hydroxylation sites is 1. The molecule has 126 valence electrons. The van der Waals surface area contributed by atoms with Gasteiger partial charge in [0.2, 0.25) is 5.91 Å². The summed E-state index contributed by atoms with van der Waals surface area (Å²) in [6, 6.07) is 7.66. The lowest BCUT2D eigenvalue weighted by Crippen LogP contribution is -2.40. The summed E-state index contributed by atoms with van der Waals surface area (Å²) in [5, 5.41) is 3.69. The minimum atomic E-state index is -0.0960. The van der Waals surface area contributed by atoms with Gasteiger partial charge in [-0.3, -0.25) is 14.2 Å². The highest BCUT2D eigenvalue weighted by atomic mass is 16.2. The Kier molecular flexibility index (Phi) is 4.08. The fourth-order valence-electron chi connectivity index (χ4n) is 3.66. The summed E-state index contributed by atoms with van der Waals surface area (Å²) >= 11 is 0. The fraction of sp³-hybridized carbons (Fsp3) is 0.526. The zero-order chi connectivity index (χ0) is 16.5. The van der Waals surface area contributed by atoms with Crippen molar-refractivity contribution < 1.29 is 4.79 Å². The third-order valence-corrected chi connectivity index (χ3v) is 5.11. The van der Waals surface area contributed by atoms with E-state index < -0.39 is 0 Å². The molecule has 1 aromatic heterocycles. The van der Waals surface area contributed by atoms with Crippen LogP contribution in [-0.2, 0) is 11.3 Å². The second-order valence-corrected chi connectivity index (χ2v) is 7.06. The standard InChI is InChI=1S/C19H23N3O2/c23-17(20-14-6-2-1-3-7-14)12-22-18(13-10-11-13)21-16-9-5-4-8-15(16)19(22)24/h4-5,8-9,13-14H,1-3,6-7,10-12H2,(H,20,23). The normalized spacial score (nSPS) is 18.7. The van der Waals surface area contributed by atoms with Crippen LogP contribution < -0.4 is 10.9 Å². The number of carbonyl (C=O) groups is 1. The molecule has 1 heterocycles. The van der Waals surface area contributed by atoms with Crippen molar-refractivity contribution >= 4 is 16.8 Å². The molecule has 2 aliphatic rings. The molecule has 0 radical (unpaired) electrons. The highest BCUT2D eigenvalue weighted by Gasteiger charge is 2.30. The van der Waals surface area contributed by atoms with E-state index in [9.17, 15) is 9.59 Å². The second kappa shape index (κ2) is 6.38. The number of nitrogens with zero attached hydrogens (tertiary/aromatic N) is 2. The van der Waals surface area contributed by atoms with Gasteiger partial charge in [0.05, 0.1) is 10.9 Å². The molecule has 1 amide bonds. The van der Waals surface area contributed by atoms with Crippen molar-refractivity contribution in [3.8, 4) is 0 Å². The first-order valence-corrected chi connectivity index (χ1v) is 9.01. The molecule has 0 spiro atoms. The molecule has 5 heteroatoms. The highest BCUT2D eigenvalue weighted by Crippen LogP contribution is 2.38. The minimum absolute atomic E-state index is 0.0667. The average molecular weight is 325 g/mol. The van der Waals surface area contributed by atoms with Crippen molar-refractivity contribution in [1.29, 1.82) is 0 Å². The van der Waals surface area contributed by atoms with Crippen LogP contribution in [0.3, 0.4) is 0 Å². The fourth-order valence-corrected chi connectivity index (χ4v) is 3.66. The number of aromatic nitrogens is 2. The number of amides is 1. The van der Waals surface area contributed by atoms with Crippen LogP contribution in [0.2, 0.25) is 0 Å². The number of hydrogen-bond donors (Lipinski definition) is 1. The number of fused-ring (bicyclic) bond motifs is 1. The largest absolute Gasteiger partial charge is 0.352 e. The van der Waals surface area contributed by atoms with Crippen molar-refractivity contribution in [1.82, 2.24) is 14.9 Å². The number of benzene rings is 1. The number of nitrogens with one attached hydrogen (secondary N) is 1. The quantitative estimate of drug-likeness (QED) is 0.940. The van der Waals surface area contributed by atoms with Gasteiger partial charge in [0.25, 0.3) is 5.56 Å². The maximum Gasteiger partial charge on any atom is 0.261 e. The summed E-state index contributed by atoms with van der Waals surface area (Å²) in [5.74, 6) is 1.03. The summed E-state index contributed by atoms with van der Waals surface area (Å²) < 4.78 is 1.60. The predicted octanol–water partition coefficient (Wildman–Crippen LogP) is 2.72. The smallest absolute Gasteiger partial charge is 0.261 e. The van der Waals surface area contributed by atoms with Crippen molar-refractivity contribution in [3.05, 3.63) is 40.4 Å². The Morgan fingerprint density at radius 1 is 1.12 bits per heavy atom. The predicted molar refractivity (Wildman–Crippen MR) is 93.0 cm³/mol. The van der Waals surface area contributed by atoms with E-state index in [4.69, 9.17) is 0 Å². The lowest BCUT2D eigenvalue weighted by Gasteiger charge is -2.23. The van der Waals surface area contributed by atoms with Crippen LogP contribution in [0.25, 0.3) is 10.9 Å². The van der Waals surface area contributed by atoms with Gasteiger partial charge in [-0.05, 0) is 37.8 Å². The van der Waals surface area contributed by atoms with Gasteiger partial charge in [-0.25, -0.2) is 4.98 Å². The molecular weight excluding hydrogens is 302 g/mol. The van der Waals surface area contributed by atoms with Crippen molar-refractivity contribution in [2.45, 2.75) is 63.5 Å². The van der Waals surface area contributed by atoms with Gasteiger partial charge >= 0.3 is 0 Å². The van der Waals surface area contributed by atoms with Gasteiger partial charge in [-0.15, -0.1) is 0 Å². The van der Waals surface area contributed by atoms with Gasteiger partial charge in [0.1, 0.15) is 12.4 Å². The van der Waals surface area contributed by atoms with Crippen LogP contribution in [-0.4, -0.2) is 21.5 Å². The van der Waals surface area contributed by atoms with Gasteiger partial charge < -0.3 is 5.32 Å². The Morgan fingerprint density at radius 2 is 1.88 bits per heavy atom. The van der Waals surface area contributed by atoms with E-state index >= 15 is 0 Å². The van der Waals surface area contributed by atoms with Gasteiger partial charge in [0, 0.05) is 12.0 Å². The van der Waals surface area contributed by atoms with Crippen LogP contribution in [0, 0.1) is 0 Å². The molecular formula is C19H23N3O2. The second-order valence-electron chi connectivity index (χ2n) is 7.06. The highest BCUT2D eigenvalue weighted by molar-refractivity contribution is 5.79. The van der Waals surface area contributed by atoms with Crippen molar-refractivity contribution in [2.75, 3.05) is 0 Å². The van der Waals surface area contributed by atoms with E-state index in [1.807, 2.05) is 18.2 Å². The summed E-state index contributed by atoms with van der Waals surface area (Å²) in [5.41, 5.74) is 0.634. The molecule has 4 rings (SSSR count). The zero-order valence-electron chi connectivity index (χ0n) is 13.8. The summed E-state index contributed by atoms with van der Waals surface area (Å²) in [6.45, 7) is 0.0823.